The molecule has 0 saturated heterocycles. The lowest BCUT2D eigenvalue weighted by atomic mass is 9.93. The molecule has 1 amide bonds. The molecule has 1 N–H and O–H groups in total. The quantitative estimate of drug-likeness (QED) is 0.578. The summed E-state index contributed by atoms with van der Waals surface area (Å²) in [4.78, 5) is 15.2. The van der Waals surface area contributed by atoms with E-state index in [0.29, 0.717) is 12.8 Å². The van der Waals surface area contributed by atoms with Gasteiger partial charge in [0.25, 0.3) is 0 Å². The Hall–Kier alpha value is -2.80. The highest BCUT2D eigenvalue weighted by Crippen LogP contribution is 2.27. The topological polar surface area (TPSA) is 77.3 Å². The minimum Gasteiger partial charge on any atom is -0.447 e. The monoisotopic (exact) mass is 427 g/mol. The Morgan fingerprint density at radius 1 is 1.43 bits per heavy atom. The second kappa shape index (κ2) is 12.0. The van der Waals surface area contributed by atoms with Gasteiger partial charge in [0.1, 0.15) is 0 Å². The van der Waals surface area contributed by atoms with Crippen LogP contribution in [0.4, 0.5) is 18.0 Å². The number of rotatable bonds is 7. The van der Waals surface area contributed by atoms with E-state index in [0.717, 1.165) is 17.6 Å². The zero-order valence-electron chi connectivity index (χ0n) is 17.7. The van der Waals surface area contributed by atoms with Gasteiger partial charge in [0.2, 0.25) is 0 Å². The van der Waals surface area contributed by atoms with Gasteiger partial charge in [0, 0.05) is 12.0 Å². The third-order valence-electron chi connectivity index (χ3n) is 3.81. The van der Waals surface area contributed by atoms with Gasteiger partial charge in [-0.15, -0.1) is 5.73 Å². The molecular weight excluding hydrogens is 399 g/mol. The number of alkyl halides is 3. The number of aromatic nitrogens is 2. The number of nitrogens with one attached hydrogen (secondary N) is 1. The second-order valence-corrected chi connectivity index (χ2v) is 6.45. The smallest absolute Gasteiger partial charge is 0.447 e. The molecular formula is C21H28F3N3O3. The van der Waals surface area contributed by atoms with Crippen LogP contribution in [0.5, 0.6) is 0 Å². The van der Waals surface area contributed by atoms with Crippen molar-refractivity contribution >= 4 is 6.09 Å². The van der Waals surface area contributed by atoms with E-state index in [1.807, 2.05) is 13.8 Å². The number of hydrogen-bond donors (Lipinski definition) is 1. The molecule has 1 aromatic rings. The number of carbonyl (C=O) groups is 1. The minimum atomic E-state index is -4.65. The molecule has 1 aromatic heterocycles. The standard InChI is InChI=1S/C19H22F3N3O3.C2H6/c1-4-13-9-10-15(23-18(26)27-12(2)3)14(11-13)7-5-6-8-16-24-17(28-25-16)19(20,21)22;1-2/h4-5,7,12,15H,1,6,8-10H2,2-3H3,(H,23,26);1-2H3/b7-5-;. The third-order valence-corrected chi connectivity index (χ3v) is 3.81. The Morgan fingerprint density at radius 2 is 2.13 bits per heavy atom. The third kappa shape index (κ3) is 8.29. The number of halogens is 3. The number of hydrogen-bond acceptors (Lipinski definition) is 5. The number of allylic oxidation sites excluding steroid dienone is 2. The van der Waals surface area contributed by atoms with Gasteiger partial charge in [-0.25, -0.2) is 4.79 Å². The first-order valence-electron chi connectivity index (χ1n) is 9.84. The average Bonchev–Trinajstić information content (AvgIpc) is 3.16. The van der Waals surface area contributed by atoms with E-state index < -0.39 is 18.2 Å². The molecule has 0 bridgehead atoms. The van der Waals surface area contributed by atoms with E-state index in [-0.39, 0.29) is 24.4 Å². The molecule has 166 valence electrons. The van der Waals surface area contributed by atoms with Crippen LogP contribution in [-0.2, 0) is 17.3 Å². The van der Waals surface area contributed by atoms with Crippen molar-refractivity contribution in [1.29, 1.82) is 0 Å². The van der Waals surface area contributed by atoms with E-state index in [1.165, 1.54) is 0 Å². The first kappa shape index (κ1) is 25.2. The molecule has 0 aromatic carbocycles. The van der Waals surface area contributed by atoms with Crippen molar-refractivity contribution in [3.05, 3.63) is 53.4 Å². The summed E-state index contributed by atoms with van der Waals surface area (Å²) in [6.07, 6.45) is 1.82. The SMILES string of the molecule is C=CC1=C=C(/C=C\CCc2noc(C(F)(F)F)n2)C(NC(=O)OC(C)C)CC1.CC. The van der Waals surface area contributed by atoms with Gasteiger partial charge in [0.05, 0.1) is 12.1 Å². The predicted molar refractivity (Wildman–Crippen MR) is 107 cm³/mol. The van der Waals surface area contributed by atoms with Crippen molar-refractivity contribution in [3.63, 3.8) is 0 Å². The highest BCUT2D eigenvalue weighted by Gasteiger charge is 2.38. The van der Waals surface area contributed by atoms with Crippen molar-refractivity contribution in [1.82, 2.24) is 15.5 Å². The summed E-state index contributed by atoms with van der Waals surface area (Å²) in [6, 6.07) is -0.270. The predicted octanol–water partition coefficient (Wildman–Crippen LogP) is 5.54. The molecule has 2 rings (SSSR count). The Balaban J connectivity index is 0.00000218. The number of nitrogens with zero attached hydrogens (tertiary/aromatic N) is 2. The fourth-order valence-electron chi connectivity index (χ4n) is 2.53. The van der Waals surface area contributed by atoms with Gasteiger partial charge in [-0.2, -0.15) is 18.2 Å². The molecule has 0 spiro atoms. The van der Waals surface area contributed by atoms with E-state index in [1.54, 1.807) is 32.1 Å². The largest absolute Gasteiger partial charge is 0.471 e. The van der Waals surface area contributed by atoms with Gasteiger partial charge in [-0.1, -0.05) is 43.8 Å². The maximum absolute atomic E-state index is 12.5. The van der Waals surface area contributed by atoms with Crippen LogP contribution in [0.2, 0.25) is 0 Å². The highest BCUT2D eigenvalue weighted by atomic mass is 19.4. The molecule has 9 heteroatoms. The number of alkyl carbamates (subject to hydrolysis) is 1. The molecule has 0 radical (unpaired) electrons. The van der Waals surface area contributed by atoms with Gasteiger partial charge in [0.15, 0.2) is 5.82 Å². The van der Waals surface area contributed by atoms with Gasteiger partial charge in [-0.05, 0) is 38.7 Å². The van der Waals surface area contributed by atoms with E-state index >= 15 is 0 Å². The van der Waals surface area contributed by atoms with Crippen molar-refractivity contribution in [3.8, 4) is 0 Å². The summed E-state index contributed by atoms with van der Waals surface area (Å²) in [5, 5.41) is 6.12. The number of amides is 1. The van der Waals surface area contributed by atoms with Crippen molar-refractivity contribution in [2.75, 3.05) is 0 Å². The normalized spacial score (nSPS) is 16.5. The summed E-state index contributed by atoms with van der Waals surface area (Å²) < 4.78 is 46.7. The Kier molecular flexibility index (Phi) is 10.1. The molecule has 30 heavy (non-hydrogen) atoms. The van der Waals surface area contributed by atoms with Crippen LogP contribution in [0, 0.1) is 0 Å². The fraction of sp³-hybridized carbons (Fsp3) is 0.524. The van der Waals surface area contributed by atoms with Crippen LogP contribution in [0.25, 0.3) is 0 Å². The van der Waals surface area contributed by atoms with Crippen LogP contribution >= 0.6 is 0 Å². The van der Waals surface area contributed by atoms with Crippen LogP contribution < -0.4 is 5.32 Å². The molecule has 1 atom stereocenters. The molecule has 1 unspecified atom stereocenters. The maximum atomic E-state index is 12.5. The average molecular weight is 427 g/mol. The molecule has 1 heterocycles. The number of carbonyl (C=O) groups excluding carboxylic acids is 1. The Morgan fingerprint density at radius 3 is 2.70 bits per heavy atom. The molecule has 1 aliphatic rings. The van der Waals surface area contributed by atoms with E-state index in [2.05, 4.69) is 32.3 Å². The minimum absolute atomic E-state index is 0.0212. The lowest BCUT2D eigenvalue weighted by Gasteiger charge is -2.22. The summed E-state index contributed by atoms with van der Waals surface area (Å²) in [6.45, 7) is 11.3. The van der Waals surface area contributed by atoms with Crippen LogP contribution in [0.1, 0.15) is 58.7 Å². The van der Waals surface area contributed by atoms with Crippen LogP contribution in [0.3, 0.4) is 0 Å². The Labute approximate surface area is 174 Å². The van der Waals surface area contributed by atoms with Crippen LogP contribution in [-0.4, -0.2) is 28.4 Å². The second-order valence-electron chi connectivity index (χ2n) is 6.45. The first-order valence-corrected chi connectivity index (χ1v) is 9.84. The van der Waals surface area contributed by atoms with Crippen molar-refractivity contribution in [2.24, 2.45) is 0 Å². The van der Waals surface area contributed by atoms with Crippen molar-refractivity contribution in [2.45, 2.75) is 71.7 Å². The van der Waals surface area contributed by atoms with E-state index in [9.17, 15) is 18.0 Å². The molecule has 1 aliphatic carbocycles. The summed E-state index contributed by atoms with van der Waals surface area (Å²) in [7, 11) is 0. The zero-order valence-corrected chi connectivity index (χ0v) is 17.7. The van der Waals surface area contributed by atoms with Gasteiger partial charge in [-0.3, -0.25) is 0 Å². The fourth-order valence-corrected chi connectivity index (χ4v) is 2.53. The first-order chi connectivity index (χ1) is 14.2. The number of aryl methyl sites for hydroxylation is 1. The van der Waals surface area contributed by atoms with Crippen molar-refractivity contribution < 1.29 is 27.2 Å². The summed E-state index contributed by atoms with van der Waals surface area (Å²) >= 11 is 0. The van der Waals surface area contributed by atoms with E-state index in [4.69, 9.17) is 4.74 Å². The lowest BCUT2D eigenvalue weighted by molar-refractivity contribution is -0.159. The Bertz CT molecular complexity index is 804. The molecule has 6 nitrogen and oxygen atoms in total. The summed E-state index contributed by atoms with van der Waals surface area (Å²) in [5.41, 5.74) is 4.86. The highest BCUT2D eigenvalue weighted by molar-refractivity contribution is 5.68. The summed E-state index contributed by atoms with van der Waals surface area (Å²) in [5.74, 6) is -1.37. The van der Waals surface area contributed by atoms with Crippen LogP contribution in [0.15, 0.2) is 46.2 Å². The van der Waals surface area contributed by atoms with Gasteiger partial charge < -0.3 is 14.6 Å². The van der Waals surface area contributed by atoms with Gasteiger partial charge >= 0.3 is 18.2 Å². The molecule has 0 saturated carbocycles. The maximum Gasteiger partial charge on any atom is 0.471 e. The lowest BCUT2D eigenvalue weighted by Crippen LogP contribution is -2.38. The molecule has 0 fully saturated rings. The number of ether oxygens (including phenoxy) is 1. The zero-order chi connectivity index (χ0) is 22.7. The molecule has 0 aliphatic heterocycles.